The third kappa shape index (κ3) is 4.21. The largest absolute Gasteiger partial charge is 0.449 e. The normalized spacial score (nSPS) is 16.3. The maximum absolute atomic E-state index is 14.0. The van der Waals surface area contributed by atoms with Crippen LogP contribution in [0.25, 0.3) is 21.8 Å². The van der Waals surface area contributed by atoms with Crippen molar-refractivity contribution in [3.63, 3.8) is 0 Å². The number of aromatic nitrogens is 2. The lowest BCUT2D eigenvalue weighted by Gasteiger charge is -2.30. The first-order valence-corrected chi connectivity index (χ1v) is 14.1. The van der Waals surface area contributed by atoms with Gasteiger partial charge in [0.25, 0.3) is 5.91 Å². The molecule has 4 aromatic rings. The van der Waals surface area contributed by atoms with Crippen LogP contribution in [0.3, 0.4) is 0 Å². The number of benzene rings is 2. The van der Waals surface area contributed by atoms with Gasteiger partial charge in [-0.3, -0.25) is 19.2 Å². The number of rotatable bonds is 6. The number of fused-ring (bicyclic) bond motifs is 5. The van der Waals surface area contributed by atoms with Crippen molar-refractivity contribution in [2.75, 3.05) is 13.1 Å². The summed E-state index contributed by atoms with van der Waals surface area (Å²) < 4.78 is 7.97. The number of carbonyl (C=O) groups is 2. The number of pyridine rings is 1. The van der Waals surface area contributed by atoms with Crippen molar-refractivity contribution in [3.8, 4) is 0 Å². The van der Waals surface area contributed by atoms with E-state index in [2.05, 4.69) is 17.9 Å². The summed E-state index contributed by atoms with van der Waals surface area (Å²) in [4.78, 5) is 35.3. The molecule has 196 valence electrons. The number of hydrogen-bond acceptors (Lipinski definition) is 5. The summed E-state index contributed by atoms with van der Waals surface area (Å²) in [7, 11) is 0. The van der Waals surface area contributed by atoms with Crippen LogP contribution in [0.1, 0.15) is 77.2 Å². The van der Waals surface area contributed by atoms with Crippen LogP contribution >= 0.6 is 0 Å². The van der Waals surface area contributed by atoms with Gasteiger partial charge in [0.2, 0.25) is 0 Å². The van der Waals surface area contributed by atoms with Crippen LogP contribution < -0.4 is 0 Å². The minimum absolute atomic E-state index is 0.153. The van der Waals surface area contributed by atoms with Crippen LogP contribution in [0, 0.1) is 0 Å². The SMILES string of the molecule is CCCN1CCc2nc3ccccc3c(C(=O)OC(CC)C(=O)n3c4c(c5ccccc53)CCCC4)c2C1. The lowest BCUT2D eigenvalue weighted by Crippen LogP contribution is -2.35. The highest BCUT2D eigenvalue weighted by Crippen LogP contribution is 2.33. The van der Waals surface area contributed by atoms with Gasteiger partial charge >= 0.3 is 5.97 Å². The molecule has 1 aliphatic heterocycles. The zero-order valence-electron chi connectivity index (χ0n) is 22.3. The molecule has 2 aliphatic rings. The van der Waals surface area contributed by atoms with Crippen LogP contribution in [0.15, 0.2) is 48.5 Å². The number of hydrogen-bond donors (Lipinski definition) is 0. The average Bonchev–Trinajstić information content (AvgIpc) is 3.29. The van der Waals surface area contributed by atoms with Gasteiger partial charge in [-0.05, 0) is 62.8 Å². The Hall–Kier alpha value is -3.51. The van der Waals surface area contributed by atoms with E-state index in [-0.39, 0.29) is 5.91 Å². The number of ether oxygens (including phenoxy) is 1. The van der Waals surface area contributed by atoms with Gasteiger partial charge in [-0.2, -0.15) is 0 Å². The molecule has 0 saturated heterocycles. The molecule has 0 saturated carbocycles. The molecule has 6 heteroatoms. The molecule has 0 bridgehead atoms. The molecule has 0 radical (unpaired) electrons. The second-order valence-corrected chi connectivity index (χ2v) is 10.6. The topological polar surface area (TPSA) is 64.4 Å². The maximum atomic E-state index is 14.0. The summed E-state index contributed by atoms with van der Waals surface area (Å²) in [6.45, 7) is 6.67. The molecule has 0 amide bonds. The fourth-order valence-electron chi connectivity index (χ4n) is 6.37. The number of aryl methyl sites for hydroxylation is 1. The zero-order chi connectivity index (χ0) is 26.2. The van der Waals surface area contributed by atoms with Gasteiger partial charge in [-0.1, -0.05) is 50.2 Å². The van der Waals surface area contributed by atoms with E-state index in [4.69, 9.17) is 9.72 Å². The van der Waals surface area contributed by atoms with E-state index in [1.165, 1.54) is 5.56 Å². The van der Waals surface area contributed by atoms with E-state index in [1.807, 2.05) is 54.0 Å². The molecule has 0 N–H and O–H groups in total. The molecule has 38 heavy (non-hydrogen) atoms. The third-order valence-corrected chi connectivity index (χ3v) is 8.16. The molecule has 6 rings (SSSR count). The van der Waals surface area contributed by atoms with Crippen molar-refractivity contribution in [1.82, 2.24) is 14.5 Å². The van der Waals surface area contributed by atoms with Crippen molar-refractivity contribution in [3.05, 3.63) is 76.6 Å². The number of carbonyl (C=O) groups excluding carboxylic acids is 2. The molecule has 0 spiro atoms. The minimum atomic E-state index is -0.859. The monoisotopic (exact) mass is 509 g/mol. The molecule has 1 atom stereocenters. The van der Waals surface area contributed by atoms with Crippen molar-refractivity contribution >= 4 is 33.7 Å². The first-order chi connectivity index (χ1) is 18.6. The van der Waals surface area contributed by atoms with Crippen molar-refractivity contribution in [2.24, 2.45) is 0 Å². The fourth-order valence-corrected chi connectivity index (χ4v) is 6.37. The Morgan fingerprint density at radius 1 is 0.947 bits per heavy atom. The van der Waals surface area contributed by atoms with E-state index in [0.717, 1.165) is 90.4 Å². The van der Waals surface area contributed by atoms with E-state index in [0.29, 0.717) is 18.5 Å². The zero-order valence-corrected chi connectivity index (χ0v) is 22.3. The van der Waals surface area contributed by atoms with Crippen LogP contribution in [0.2, 0.25) is 0 Å². The standard InChI is InChI=1S/C32H35N3O3/c1-3-18-34-19-17-26-24(20-34)30(23-13-5-8-14-25(23)33-26)32(37)38-29(4-2)31(36)35-27-15-9-6-11-21(27)22-12-7-10-16-28(22)35/h5-6,8-9,11,13-15,29H,3-4,7,10,12,16-20H2,1-2H3. The Morgan fingerprint density at radius 3 is 2.53 bits per heavy atom. The summed E-state index contributed by atoms with van der Waals surface area (Å²) >= 11 is 0. The summed E-state index contributed by atoms with van der Waals surface area (Å²) in [6, 6.07) is 15.9. The summed E-state index contributed by atoms with van der Waals surface area (Å²) in [5.41, 5.74) is 6.54. The Balaban J connectivity index is 1.39. The Labute approximate surface area is 223 Å². The predicted molar refractivity (Wildman–Crippen MR) is 150 cm³/mol. The van der Waals surface area contributed by atoms with Crippen molar-refractivity contribution in [1.29, 1.82) is 0 Å². The molecule has 2 aromatic carbocycles. The molecule has 0 fully saturated rings. The fraction of sp³-hybridized carbons (Fsp3) is 0.406. The minimum Gasteiger partial charge on any atom is -0.449 e. The lowest BCUT2D eigenvalue weighted by molar-refractivity contribution is 0.0240. The third-order valence-electron chi connectivity index (χ3n) is 8.16. The first kappa shape index (κ1) is 24.8. The molecule has 6 nitrogen and oxygen atoms in total. The second-order valence-electron chi connectivity index (χ2n) is 10.6. The van der Waals surface area contributed by atoms with Crippen molar-refractivity contribution < 1.29 is 14.3 Å². The average molecular weight is 510 g/mol. The van der Waals surface area contributed by atoms with Crippen LogP contribution in [-0.4, -0.2) is 45.5 Å². The van der Waals surface area contributed by atoms with Gasteiger partial charge in [0.1, 0.15) is 0 Å². The highest BCUT2D eigenvalue weighted by Gasteiger charge is 2.32. The van der Waals surface area contributed by atoms with Gasteiger partial charge in [0.05, 0.1) is 16.6 Å². The van der Waals surface area contributed by atoms with Gasteiger partial charge in [0.15, 0.2) is 6.10 Å². The van der Waals surface area contributed by atoms with E-state index < -0.39 is 12.1 Å². The molecule has 2 aromatic heterocycles. The van der Waals surface area contributed by atoms with Crippen LogP contribution in [0.4, 0.5) is 0 Å². The van der Waals surface area contributed by atoms with Crippen molar-refractivity contribution in [2.45, 2.75) is 71.4 Å². The first-order valence-electron chi connectivity index (χ1n) is 14.1. The molecular weight excluding hydrogens is 474 g/mol. The summed E-state index contributed by atoms with van der Waals surface area (Å²) in [5.74, 6) is -0.580. The lowest BCUT2D eigenvalue weighted by atomic mass is 9.95. The Bertz CT molecular complexity index is 1540. The quantitative estimate of drug-likeness (QED) is 0.293. The summed E-state index contributed by atoms with van der Waals surface area (Å²) in [6.07, 6.45) is 5.47. The maximum Gasteiger partial charge on any atom is 0.340 e. The van der Waals surface area contributed by atoms with Gasteiger partial charge in [-0.15, -0.1) is 0 Å². The number of esters is 1. The highest BCUT2D eigenvalue weighted by atomic mass is 16.5. The molecule has 3 heterocycles. The number of para-hydroxylation sites is 2. The smallest absolute Gasteiger partial charge is 0.340 e. The molecule has 1 unspecified atom stereocenters. The molecular formula is C32H35N3O3. The van der Waals surface area contributed by atoms with Gasteiger partial charge < -0.3 is 4.74 Å². The van der Waals surface area contributed by atoms with Gasteiger partial charge in [0, 0.05) is 47.2 Å². The van der Waals surface area contributed by atoms with E-state index >= 15 is 0 Å². The Morgan fingerprint density at radius 2 is 1.71 bits per heavy atom. The van der Waals surface area contributed by atoms with Crippen LogP contribution in [0.5, 0.6) is 0 Å². The predicted octanol–water partition coefficient (Wildman–Crippen LogP) is 6.11. The van der Waals surface area contributed by atoms with Gasteiger partial charge in [-0.25, -0.2) is 4.79 Å². The van der Waals surface area contributed by atoms with E-state index in [9.17, 15) is 9.59 Å². The van der Waals surface area contributed by atoms with E-state index in [1.54, 1.807) is 0 Å². The molecule has 1 aliphatic carbocycles. The van der Waals surface area contributed by atoms with Crippen LogP contribution in [-0.2, 0) is 30.5 Å². The summed E-state index contributed by atoms with van der Waals surface area (Å²) in [5, 5.41) is 1.93. The highest BCUT2D eigenvalue weighted by molar-refractivity contribution is 6.06. The Kier molecular flexibility index (Phi) is 6.75. The second kappa shape index (κ2) is 10.3. The number of nitrogens with zero attached hydrogens (tertiary/aromatic N) is 3.